The van der Waals surface area contributed by atoms with Crippen LogP contribution in [0.2, 0.25) is 0 Å². The Balaban J connectivity index is 2.81. The fourth-order valence-electron chi connectivity index (χ4n) is 1.06. The SMILES string of the molecule is CCC(=O)Nc1ccccc1CN. The molecule has 0 heterocycles. The van der Waals surface area contributed by atoms with E-state index in [1.165, 1.54) is 0 Å². The van der Waals surface area contributed by atoms with Crippen molar-refractivity contribution in [1.29, 1.82) is 0 Å². The second-order valence-corrected chi connectivity index (χ2v) is 2.76. The fourth-order valence-corrected chi connectivity index (χ4v) is 1.06. The quantitative estimate of drug-likeness (QED) is 0.736. The molecular weight excluding hydrogens is 164 g/mol. The molecule has 0 fully saturated rings. The number of amides is 1. The number of nitrogens with one attached hydrogen (secondary N) is 1. The van der Waals surface area contributed by atoms with E-state index < -0.39 is 0 Å². The highest BCUT2D eigenvalue weighted by Gasteiger charge is 2.02. The molecule has 13 heavy (non-hydrogen) atoms. The van der Waals surface area contributed by atoms with Crippen molar-refractivity contribution in [3.05, 3.63) is 29.8 Å². The van der Waals surface area contributed by atoms with Crippen molar-refractivity contribution < 1.29 is 4.79 Å². The lowest BCUT2D eigenvalue weighted by Gasteiger charge is -2.07. The van der Waals surface area contributed by atoms with Crippen LogP contribution in [0.15, 0.2) is 24.3 Å². The maximum absolute atomic E-state index is 11.1. The number of benzene rings is 1. The third kappa shape index (κ3) is 2.56. The van der Waals surface area contributed by atoms with Crippen molar-refractivity contribution in [3.63, 3.8) is 0 Å². The monoisotopic (exact) mass is 178 g/mol. The van der Waals surface area contributed by atoms with E-state index >= 15 is 0 Å². The van der Waals surface area contributed by atoms with Gasteiger partial charge < -0.3 is 11.1 Å². The largest absolute Gasteiger partial charge is 0.326 e. The maximum Gasteiger partial charge on any atom is 0.224 e. The molecule has 0 saturated carbocycles. The number of anilines is 1. The van der Waals surface area contributed by atoms with Gasteiger partial charge in [-0.25, -0.2) is 0 Å². The van der Waals surface area contributed by atoms with Gasteiger partial charge in [0.1, 0.15) is 0 Å². The Morgan fingerprint density at radius 3 is 2.77 bits per heavy atom. The Morgan fingerprint density at radius 2 is 2.15 bits per heavy atom. The van der Waals surface area contributed by atoms with Crippen molar-refractivity contribution in [2.75, 3.05) is 5.32 Å². The Labute approximate surface area is 77.9 Å². The number of hydrogen-bond donors (Lipinski definition) is 2. The van der Waals surface area contributed by atoms with Crippen LogP contribution in [-0.4, -0.2) is 5.91 Å². The molecular formula is C10H14N2O. The number of para-hydroxylation sites is 1. The van der Waals surface area contributed by atoms with Crippen LogP contribution in [0, 0.1) is 0 Å². The zero-order valence-electron chi connectivity index (χ0n) is 7.71. The van der Waals surface area contributed by atoms with Crippen LogP contribution < -0.4 is 11.1 Å². The van der Waals surface area contributed by atoms with E-state index in [-0.39, 0.29) is 5.91 Å². The lowest BCUT2D eigenvalue weighted by atomic mass is 10.2. The number of rotatable bonds is 3. The summed E-state index contributed by atoms with van der Waals surface area (Å²) in [5, 5.41) is 2.79. The van der Waals surface area contributed by atoms with Crippen LogP contribution >= 0.6 is 0 Å². The molecule has 0 radical (unpaired) electrons. The molecule has 1 aromatic rings. The number of hydrogen-bond acceptors (Lipinski definition) is 2. The van der Waals surface area contributed by atoms with Gasteiger partial charge in [-0.05, 0) is 11.6 Å². The molecule has 0 aromatic heterocycles. The Morgan fingerprint density at radius 1 is 1.46 bits per heavy atom. The highest BCUT2D eigenvalue weighted by molar-refractivity contribution is 5.91. The first kappa shape index (κ1) is 9.74. The van der Waals surface area contributed by atoms with Gasteiger partial charge in [-0.2, -0.15) is 0 Å². The first-order valence-electron chi connectivity index (χ1n) is 4.35. The van der Waals surface area contributed by atoms with Crippen molar-refractivity contribution in [2.45, 2.75) is 19.9 Å². The van der Waals surface area contributed by atoms with E-state index in [0.717, 1.165) is 11.3 Å². The number of carbonyl (C=O) groups is 1. The second-order valence-electron chi connectivity index (χ2n) is 2.76. The van der Waals surface area contributed by atoms with Gasteiger partial charge in [-0.3, -0.25) is 4.79 Å². The van der Waals surface area contributed by atoms with E-state index in [0.29, 0.717) is 13.0 Å². The summed E-state index contributed by atoms with van der Waals surface area (Å²) in [4.78, 5) is 11.1. The van der Waals surface area contributed by atoms with Crippen molar-refractivity contribution >= 4 is 11.6 Å². The van der Waals surface area contributed by atoms with E-state index in [1.54, 1.807) is 0 Å². The van der Waals surface area contributed by atoms with Crippen molar-refractivity contribution in [1.82, 2.24) is 0 Å². The summed E-state index contributed by atoms with van der Waals surface area (Å²) in [6.45, 7) is 2.26. The van der Waals surface area contributed by atoms with Crippen LogP contribution in [-0.2, 0) is 11.3 Å². The van der Waals surface area contributed by atoms with Gasteiger partial charge in [0.25, 0.3) is 0 Å². The van der Waals surface area contributed by atoms with Crippen molar-refractivity contribution in [2.24, 2.45) is 5.73 Å². The van der Waals surface area contributed by atoms with Crippen molar-refractivity contribution in [3.8, 4) is 0 Å². The molecule has 0 bridgehead atoms. The summed E-state index contributed by atoms with van der Waals surface area (Å²) in [5.74, 6) is 0.0147. The van der Waals surface area contributed by atoms with E-state index in [9.17, 15) is 4.79 Å². The van der Waals surface area contributed by atoms with Gasteiger partial charge in [0.15, 0.2) is 0 Å². The van der Waals surface area contributed by atoms with Gasteiger partial charge >= 0.3 is 0 Å². The Bertz CT molecular complexity index is 297. The summed E-state index contributed by atoms with van der Waals surface area (Å²) in [5.41, 5.74) is 7.30. The summed E-state index contributed by atoms with van der Waals surface area (Å²) in [6.07, 6.45) is 0.485. The van der Waals surface area contributed by atoms with Crippen LogP contribution in [0.1, 0.15) is 18.9 Å². The molecule has 1 amide bonds. The average molecular weight is 178 g/mol. The molecule has 3 nitrogen and oxygen atoms in total. The Kier molecular flexibility index (Phi) is 3.46. The Hall–Kier alpha value is -1.35. The van der Waals surface area contributed by atoms with E-state index in [1.807, 2.05) is 31.2 Å². The average Bonchev–Trinajstić information content (AvgIpc) is 2.18. The van der Waals surface area contributed by atoms with Gasteiger partial charge in [0.05, 0.1) is 0 Å². The molecule has 0 aliphatic rings. The first-order chi connectivity index (χ1) is 6.27. The molecule has 1 rings (SSSR count). The normalized spacial score (nSPS) is 9.69. The molecule has 0 aliphatic heterocycles. The first-order valence-corrected chi connectivity index (χ1v) is 4.35. The summed E-state index contributed by atoms with van der Waals surface area (Å²) in [6, 6.07) is 7.55. The standard InChI is InChI=1S/C10H14N2O/c1-2-10(13)12-9-6-4-3-5-8(9)7-11/h3-6H,2,7,11H2,1H3,(H,12,13). The number of carbonyl (C=O) groups excluding carboxylic acids is 1. The van der Waals surface area contributed by atoms with Crippen LogP contribution in [0.25, 0.3) is 0 Å². The molecule has 0 unspecified atom stereocenters. The minimum atomic E-state index is 0.0147. The van der Waals surface area contributed by atoms with Crippen LogP contribution in [0.5, 0.6) is 0 Å². The lowest BCUT2D eigenvalue weighted by Crippen LogP contribution is -2.12. The zero-order valence-corrected chi connectivity index (χ0v) is 7.71. The molecule has 3 heteroatoms. The summed E-state index contributed by atoms with van der Waals surface area (Å²) < 4.78 is 0. The molecule has 70 valence electrons. The molecule has 1 aromatic carbocycles. The third-order valence-corrected chi connectivity index (χ3v) is 1.83. The van der Waals surface area contributed by atoms with E-state index in [2.05, 4.69) is 5.32 Å². The smallest absolute Gasteiger partial charge is 0.224 e. The summed E-state index contributed by atoms with van der Waals surface area (Å²) in [7, 11) is 0. The van der Waals surface area contributed by atoms with Crippen LogP contribution in [0.4, 0.5) is 5.69 Å². The maximum atomic E-state index is 11.1. The highest BCUT2D eigenvalue weighted by Crippen LogP contribution is 2.13. The van der Waals surface area contributed by atoms with Gasteiger partial charge in [-0.1, -0.05) is 25.1 Å². The van der Waals surface area contributed by atoms with Gasteiger partial charge in [0.2, 0.25) is 5.91 Å². The summed E-state index contributed by atoms with van der Waals surface area (Å²) >= 11 is 0. The molecule has 0 atom stereocenters. The highest BCUT2D eigenvalue weighted by atomic mass is 16.1. The topological polar surface area (TPSA) is 55.1 Å². The zero-order chi connectivity index (χ0) is 9.68. The van der Waals surface area contributed by atoms with Gasteiger partial charge in [0, 0.05) is 18.7 Å². The molecule has 3 N–H and O–H groups in total. The number of nitrogens with two attached hydrogens (primary N) is 1. The minimum Gasteiger partial charge on any atom is -0.326 e. The predicted molar refractivity (Wildman–Crippen MR) is 53.3 cm³/mol. The van der Waals surface area contributed by atoms with Gasteiger partial charge in [-0.15, -0.1) is 0 Å². The second kappa shape index (κ2) is 4.62. The predicted octanol–water partition coefficient (Wildman–Crippen LogP) is 1.49. The third-order valence-electron chi connectivity index (χ3n) is 1.83. The van der Waals surface area contributed by atoms with Crippen LogP contribution in [0.3, 0.4) is 0 Å². The lowest BCUT2D eigenvalue weighted by molar-refractivity contribution is -0.115. The molecule has 0 spiro atoms. The molecule has 0 saturated heterocycles. The minimum absolute atomic E-state index is 0.0147. The van der Waals surface area contributed by atoms with E-state index in [4.69, 9.17) is 5.73 Å². The molecule has 0 aliphatic carbocycles. The fraction of sp³-hybridized carbons (Fsp3) is 0.300.